The van der Waals surface area contributed by atoms with Crippen molar-refractivity contribution in [1.82, 2.24) is 0 Å². The van der Waals surface area contributed by atoms with Gasteiger partial charge in [0.2, 0.25) is 5.91 Å². The van der Waals surface area contributed by atoms with Gasteiger partial charge < -0.3 is 20.1 Å². The summed E-state index contributed by atoms with van der Waals surface area (Å²) in [6, 6.07) is 10.1. The SMILES string of the molecule is C=C(Nc1ccc(NC(=O)CCC)cc1)c1c(F)cc(OCCOC)cc1N=CC. The van der Waals surface area contributed by atoms with Crippen molar-refractivity contribution in [3.63, 3.8) is 0 Å². The number of hydrogen-bond acceptors (Lipinski definition) is 5. The van der Waals surface area contributed by atoms with Crippen LogP contribution in [0.1, 0.15) is 32.3 Å². The van der Waals surface area contributed by atoms with Gasteiger partial charge in [-0.15, -0.1) is 0 Å². The van der Waals surface area contributed by atoms with Gasteiger partial charge >= 0.3 is 0 Å². The molecule has 0 heterocycles. The van der Waals surface area contributed by atoms with Gasteiger partial charge in [-0.25, -0.2) is 4.39 Å². The molecule has 0 fully saturated rings. The Kier molecular flexibility index (Phi) is 9.03. The first kappa shape index (κ1) is 23.1. The lowest BCUT2D eigenvalue weighted by Gasteiger charge is -2.15. The zero-order chi connectivity index (χ0) is 21.9. The highest BCUT2D eigenvalue weighted by Gasteiger charge is 2.15. The molecule has 0 aliphatic carbocycles. The van der Waals surface area contributed by atoms with Crippen LogP contribution in [0.5, 0.6) is 5.75 Å². The number of rotatable bonds is 11. The fourth-order valence-electron chi connectivity index (χ4n) is 2.76. The molecule has 0 radical (unpaired) electrons. The minimum atomic E-state index is -0.494. The first-order valence-corrected chi connectivity index (χ1v) is 9.78. The van der Waals surface area contributed by atoms with E-state index in [0.717, 1.165) is 6.42 Å². The highest BCUT2D eigenvalue weighted by molar-refractivity contribution is 5.91. The molecule has 0 aliphatic heterocycles. The topological polar surface area (TPSA) is 72.0 Å². The van der Waals surface area contributed by atoms with Crippen LogP contribution in [0.4, 0.5) is 21.5 Å². The number of ether oxygens (including phenoxy) is 2. The van der Waals surface area contributed by atoms with Crippen molar-refractivity contribution >= 4 is 34.9 Å². The Morgan fingerprint density at radius 3 is 2.43 bits per heavy atom. The Balaban J connectivity index is 2.16. The van der Waals surface area contributed by atoms with Gasteiger partial charge in [-0.3, -0.25) is 9.79 Å². The number of carbonyl (C=O) groups excluding carboxylic acids is 1. The van der Waals surface area contributed by atoms with Crippen LogP contribution in [0, 0.1) is 5.82 Å². The Morgan fingerprint density at radius 2 is 1.83 bits per heavy atom. The third-order valence-corrected chi connectivity index (χ3v) is 4.11. The zero-order valence-corrected chi connectivity index (χ0v) is 17.6. The molecule has 0 atom stereocenters. The van der Waals surface area contributed by atoms with Crippen LogP contribution in [-0.2, 0) is 9.53 Å². The van der Waals surface area contributed by atoms with E-state index in [1.165, 1.54) is 6.07 Å². The number of carbonyl (C=O) groups is 1. The van der Waals surface area contributed by atoms with Gasteiger partial charge in [-0.05, 0) is 37.6 Å². The van der Waals surface area contributed by atoms with E-state index in [-0.39, 0.29) is 11.5 Å². The standard InChI is InChI=1S/C23H28FN3O3/c1-5-7-22(28)27-18-10-8-17(9-11-18)26-16(3)23-20(24)14-19(30-13-12-29-4)15-21(23)25-6-2/h6,8-11,14-15,26H,3,5,7,12-13H2,1-2,4H3,(H,27,28). The first-order chi connectivity index (χ1) is 14.5. The second-order valence-corrected chi connectivity index (χ2v) is 6.51. The molecule has 2 aromatic carbocycles. The first-order valence-electron chi connectivity index (χ1n) is 9.78. The van der Waals surface area contributed by atoms with E-state index in [0.29, 0.717) is 48.1 Å². The maximum absolute atomic E-state index is 14.8. The highest BCUT2D eigenvalue weighted by atomic mass is 19.1. The molecule has 0 spiro atoms. The molecule has 1 amide bonds. The van der Waals surface area contributed by atoms with Crippen LogP contribution >= 0.6 is 0 Å². The average Bonchev–Trinajstić information content (AvgIpc) is 2.70. The lowest BCUT2D eigenvalue weighted by atomic mass is 10.1. The van der Waals surface area contributed by atoms with E-state index in [4.69, 9.17) is 9.47 Å². The van der Waals surface area contributed by atoms with Crippen molar-refractivity contribution in [1.29, 1.82) is 0 Å². The summed E-state index contributed by atoms with van der Waals surface area (Å²) in [5.41, 5.74) is 2.43. The molecule has 0 unspecified atom stereocenters. The van der Waals surface area contributed by atoms with Crippen LogP contribution in [-0.4, -0.2) is 32.4 Å². The van der Waals surface area contributed by atoms with E-state index in [9.17, 15) is 9.18 Å². The number of nitrogens with zero attached hydrogens (tertiary/aromatic N) is 1. The minimum Gasteiger partial charge on any atom is -0.491 e. The molecular formula is C23H28FN3O3. The molecule has 0 bridgehead atoms. The van der Waals surface area contributed by atoms with Crippen molar-refractivity contribution in [2.24, 2.45) is 4.99 Å². The van der Waals surface area contributed by atoms with E-state index in [1.54, 1.807) is 50.6 Å². The Morgan fingerprint density at radius 1 is 1.17 bits per heavy atom. The maximum Gasteiger partial charge on any atom is 0.224 e. The summed E-state index contributed by atoms with van der Waals surface area (Å²) in [4.78, 5) is 16.0. The fourth-order valence-corrected chi connectivity index (χ4v) is 2.76. The van der Waals surface area contributed by atoms with Crippen LogP contribution in [0.25, 0.3) is 5.70 Å². The third-order valence-electron chi connectivity index (χ3n) is 4.11. The quantitative estimate of drug-likeness (QED) is 0.382. The maximum atomic E-state index is 14.8. The zero-order valence-electron chi connectivity index (χ0n) is 17.6. The predicted octanol–water partition coefficient (Wildman–Crippen LogP) is 5.39. The number of halogens is 1. The van der Waals surface area contributed by atoms with Gasteiger partial charge in [0.25, 0.3) is 0 Å². The summed E-state index contributed by atoms with van der Waals surface area (Å²) in [5.74, 6) is -0.153. The number of nitrogens with one attached hydrogen (secondary N) is 2. The molecule has 7 heteroatoms. The number of methoxy groups -OCH3 is 1. The summed E-state index contributed by atoms with van der Waals surface area (Å²) >= 11 is 0. The normalized spacial score (nSPS) is 10.8. The molecule has 2 rings (SSSR count). The van der Waals surface area contributed by atoms with Crippen molar-refractivity contribution in [2.45, 2.75) is 26.7 Å². The second-order valence-electron chi connectivity index (χ2n) is 6.51. The molecule has 0 saturated heterocycles. The molecule has 0 aromatic heterocycles. The Hall–Kier alpha value is -3.19. The Labute approximate surface area is 176 Å². The number of amides is 1. The van der Waals surface area contributed by atoms with Crippen LogP contribution in [0.15, 0.2) is 48.0 Å². The monoisotopic (exact) mass is 413 g/mol. The molecule has 30 heavy (non-hydrogen) atoms. The van der Waals surface area contributed by atoms with E-state index >= 15 is 0 Å². The summed E-state index contributed by atoms with van der Waals surface area (Å²) in [5, 5.41) is 5.92. The summed E-state index contributed by atoms with van der Waals surface area (Å²) in [7, 11) is 1.57. The van der Waals surface area contributed by atoms with Gasteiger partial charge in [-0.2, -0.15) is 0 Å². The number of anilines is 2. The van der Waals surface area contributed by atoms with Gasteiger partial charge in [-0.1, -0.05) is 13.5 Å². The van der Waals surface area contributed by atoms with Gasteiger partial charge in [0.05, 0.1) is 17.9 Å². The summed E-state index contributed by atoms with van der Waals surface area (Å²) in [6.07, 6.45) is 2.84. The van der Waals surface area contributed by atoms with Crippen molar-refractivity contribution in [3.8, 4) is 5.75 Å². The van der Waals surface area contributed by atoms with Gasteiger partial charge in [0, 0.05) is 48.9 Å². The lowest BCUT2D eigenvalue weighted by molar-refractivity contribution is -0.116. The third kappa shape index (κ3) is 6.70. The molecule has 160 valence electrons. The predicted molar refractivity (Wildman–Crippen MR) is 120 cm³/mol. The number of hydrogen-bond donors (Lipinski definition) is 2. The molecule has 0 saturated carbocycles. The van der Waals surface area contributed by atoms with E-state index < -0.39 is 5.82 Å². The molecule has 2 N–H and O–H groups in total. The van der Waals surface area contributed by atoms with Crippen LogP contribution in [0.2, 0.25) is 0 Å². The van der Waals surface area contributed by atoms with E-state index in [2.05, 4.69) is 22.2 Å². The largest absolute Gasteiger partial charge is 0.491 e. The van der Waals surface area contributed by atoms with Gasteiger partial charge in [0.1, 0.15) is 18.2 Å². The van der Waals surface area contributed by atoms with Crippen molar-refractivity contribution < 1.29 is 18.7 Å². The summed E-state index contributed by atoms with van der Waals surface area (Å²) in [6.45, 7) is 8.38. The fraction of sp³-hybridized carbons (Fsp3) is 0.304. The lowest BCUT2D eigenvalue weighted by Crippen LogP contribution is -2.10. The second kappa shape index (κ2) is 11.7. The Bertz CT molecular complexity index is 895. The number of aliphatic imine (C=N–C) groups is 1. The molecular weight excluding hydrogens is 385 g/mol. The molecule has 2 aromatic rings. The van der Waals surface area contributed by atoms with E-state index in [1.807, 2.05) is 6.92 Å². The molecule has 0 aliphatic rings. The average molecular weight is 413 g/mol. The van der Waals surface area contributed by atoms with Crippen molar-refractivity contribution in [2.75, 3.05) is 31.0 Å². The van der Waals surface area contributed by atoms with Crippen LogP contribution < -0.4 is 15.4 Å². The van der Waals surface area contributed by atoms with Gasteiger partial charge in [0.15, 0.2) is 0 Å². The highest BCUT2D eigenvalue weighted by Crippen LogP contribution is 2.33. The number of benzene rings is 2. The smallest absolute Gasteiger partial charge is 0.224 e. The molecule has 6 nitrogen and oxygen atoms in total. The minimum absolute atomic E-state index is 0.0282. The van der Waals surface area contributed by atoms with Crippen molar-refractivity contribution in [3.05, 3.63) is 54.4 Å². The van der Waals surface area contributed by atoms with Crippen LogP contribution in [0.3, 0.4) is 0 Å². The summed E-state index contributed by atoms with van der Waals surface area (Å²) < 4.78 is 25.3.